The lowest BCUT2D eigenvalue weighted by atomic mass is 10.1. The zero-order chi connectivity index (χ0) is 14.4. The van der Waals surface area contributed by atoms with Crippen LogP contribution < -0.4 is 11.1 Å². The SMILES string of the molecule is Cc1cscc1CNC(=O)c1cccc(C#CCN)c1. The fraction of sp³-hybridized carbons (Fsp3) is 0.188. The van der Waals surface area contributed by atoms with Crippen molar-refractivity contribution >= 4 is 17.2 Å². The van der Waals surface area contributed by atoms with E-state index < -0.39 is 0 Å². The minimum Gasteiger partial charge on any atom is -0.348 e. The summed E-state index contributed by atoms with van der Waals surface area (Å²) < 4.78 is 0. The van der Waals surface area contributed by atoms with Crippen molar-refractivity contribution in [2.24, 2.45) is 5.73 Å². The molecule has 20 heavy (non-hydrogen) atoms. The third-order valence-corrected chi connectivity index (χ3v) is 3.77. The van der Waals surface area contributed by atoms with Crippen molar-refractivity contribution in [3.63, 3.8) is 0 Å². The number of hydrogen-bond donors (Lipinski definition) is 2. The molecule has 0 bridgehead atoms. The van der Waals surface area contributed by atoms with E-state index in [4.69, 9.17) is 5.73 Å². The van der Waals surface area contributed by atoms with Gasteiger partial charge in [-0.05, 0) is 47.0 Å². The Morgan fingerprint density at radius 1 is 1.40 bits per heavy atom. The summed E-state index contributed by atoms with van der Waals surface area (Å²) in [5, 5.41) is 7.05. The lowest BCUT2D eigenvalue weighted by molar-refractivity contribution is 0.0951. The first-order chi connectivity index (χ1) is 9.70. The Kier molecular flexibility index (Phi) is 4.94. The van der Waals surface area contributed by atoms with Gasteiger partial charge in [-0.25, -0.2) is 0 Å². The molecular formula is C16H16N2OS. The molecule has 1 amide bonds. The minimum atomic E-state index is -0.0907. The molecule has 0 fully saturated rings. The van der Waals surface area contributed by atoms with Crippen LogP contribution in [0.2, 0.25) is 0 Å². The normalized spacial score (nSPS) is 9.70. The first kappa shape index (κ1) is 14.3. The lowest BCUT2D eigenvalue weighted by Gasteiger charge is -2.05. The van der Waals surface area contributed by atoms with E-state index in [-0.39, 0.29) is 5.91 Å². The summed E-state index contributed by atoms with van der Waals surface area (Å²) in [6, 6.07) is 7.25. The van der Waals surface area contributed by atoms with Gasteiger partial charge in [0, 0.05) is 17.7 Å². The quantitative estimate of drug-likeness (QED) is 0.850. The predicted molar refractivity (Wildman–Crippen MR) is 82.6 cm³/mol. The van der Waals surface area contributed by atoms with Crippen LogP contribution in [0.5, 0.6) is 0 Å². The van der Waals surface area contributed by atoms with Crippen LogP contribution in [0.3, 0.4) is 0 Å². The third-order valence-electron chi connectivity index (χ3n) is 2.86. The topological polar surface area (TPSA) is 55.1 Å². The van der Waals surface area contributed by atoms with E-state index in [1.165, 1.54) is 5.56 Å². The summed E-state index contributed by atoms with van der Waals surface area (Å²) in [5.41, 5.74) is 9.11. The fourth-order valence-corrected chi connectivity index (χ4v) is 2.59. The van der Waals surface area contributed by atoms with Crippen LogP contribution in [0, 0.1) is 18.8 Å². The summed E-state index contributed by atoms with van der Waals surface area (Å²) in [6.07, 6.45) is 0. The van der Waals surface area contributed by atoms with Gasteiger partial charge in [0.05, 0.1) is 6.54 Å². The van der Waals surface area contributed by atoms with Crippen molar-refractivity contribution in [3.8, 4) is 11.8 Å². The molecule has 0 radical (unpaired) electrons. The summed E-state index contributed by atoms with van der Waals surface area (Å²) in [6.45, 7) is 2.90. The Bertz CT molecular complexity index is 664. The van der Waals surface area contributed by atoms with Gasteiger partial charge in [-0.1, -0.05) is 17.9 Å². The van der Waals surface area contributed by atoms with Gasteiger partial charge in [0.15, 0.2) is 0 Å². The monoisotopic (exact) mass is 284 g/mol. The minimum absolute atomic E-state index is 0.0907. The molecule has 0 aliphatic heterocycles. The first-order valence-corrected chi connectivity index (χ1v) is 7.24. The zero-order valence-electron chi connectivity index (χ0n) is 11.3. The lowest BCUT2D eigenvalue weighted by Crippen LogP contribution is -2.22. The Labute approximate surface area is 122 Å². The highest BCUT2D eigenvalue weighted by Gasteiger charge is 2.06. The van der Waals surface area contributed by atoms with Gasteiger partial charge in [0.1, 0.15) is 0 Å². The number of rotatable bonds is 3. The zero-order valence-corrected chi connectivity index (χ0v) is 12.1. The van der Waals surface area contributed by atoms with Crippen LogP contribution in [-0.2, 0) is 6.54 Å². The maximum atomic E-state index is 12.1. The molecular weight excluding hydrogens is 268 g/mol. The number of amides is 1. The fourth-order valence-electron chi connectivity index (χ4n) is 1.74. The van der Waals surface area contributed by atoms with Gasteiger partial charge in [0.25, 0.3) is 5.91 Å². The summed E-state index contributed by atoms with van der Waals surface area (Å²) in [7, 11) is 0. The van der Waals surface area contributed by atoms with E-state index in [2.05, 4.69) is 27.9 Å². The molecule has 2 aromatic rings. The molecule has 0 spiro atoms. The molecule has 1 aromatic carbocycles. The molecule has 1 aromatic heterocycles. The van der Waals surface area contributed by atoms with E-state index in [9.17, 15) is 4.79 Å². The number of carbonyl (C=O) groups is 1. The van der Waals surface area contributed by atoms with Crippen molar-refractivity contribution in [2.45, 2.75) is 13.5 Å². The van der Waals surface area contributed by atoms with Crippen molar-refractivity contribution in [2.75, 3.05) is 6.54 Å². The van der Waals surface area contributed by atoms with Gasteiger partial charge in [-0.3, -0.25) is 4.79 Å². The largest absolute Gasteiger partial charge is 0.348 e. The molecule has 0 saturated heterocycles. The van der Waals surface area contributed by atoms with Crippen molar-refractivity contribution < 1.29 is 4.79 Å². The van der Waals surface area contributed by atoms with Crippen LogP contribution in [0.25, 0.3) is 0 Å². The molecule has 0 aliphatic rings. The van der Waals surface area contributed by atoms with E-state index >= 15 is 0 Å². The number of hydrogen-bond acceptors (Lipinski definition) is 3. The molecule has 0 unspecified atom stereocenters. The smallest absolute Gasteiger partial charge is 0.251 e. The number of aryl methyl sites for hydroxylation is 1. The summed E-state index contributed by atoms with van der Waals surface area (Å²) in [5.74, 6) is 5.61. The second-order valence-electron chi connectivity index (χ2n) is 4.35. The highest BCUT2D eigenvalue weighted by atomic mass is 32.1. The predicted octanol–water partition coefficient (Wildman–Crippen LogP) is 2.30. The molecule has 1 heterocycles. The van der Waals surface area contributed by atoms with Gasteiger partial charge in [-0.15, -0.1) is 0 Å². The standard InChI is InChI=1S/C16H16N2OS/c1-12-10-20-11-15(12)9-18-16(19)14-6-2-4-13(8-14)5-3-7-17/h2,4,6,8,10-11H,7,9,17H2,1H3,(H,18,19). The number of thiophene rings is 1. The molecule has 3 N–H and O–H groups in total. The van der Waals surface area contributed by atoms with Crippen LogP contribution in [-0.4, -0.2) is 12.5 Å². The molecule has 0 atom stereocenters. The summed E-state index contributed by atoms with van der Waals surface area (Å²) >= 11 is 1.64. The number of carbonyl (C=O) groups excluding carboxylic acids is 1. The van der Waals surface area contributed by atoms with Crippen LogP contribution in [0.1, 0.15) is 27.0 Å². The van der Waals surface area contributed by atoms with Gasteiger partial charge in [0.2, 0.25) is 0 Å². The molecule has 2 rings (SSSR count). The molecule has 0 aliphatic carbocycles. The highest BCUT2D eigenvalue weighted by molar-refractivity contribution is 7.08. The highest BCUT2D eigenvalue weighted by Crippen LogP contribution is 2.13. The molecule has 4 heteroatoms. The average Bonchev–Trinajstić information content (AvgIpc) is 2.88. The van der Waals surface area contributed by atoms with E-state index in [1.54, 1.807) is 23.5 Å². The molecule has 102 valence electrons. The molecule has 3 nitrogen and oxygen atoms in total. The first-order valence-electron chi connectivity index (χ1n) is 6.29. The Hall–Kier alpha value is -2.09. The van der Waals surface area contributed by atoms with E-state index in [0.29, 0.717) is 18.7 Å². The second-order valence-corrected chi connectivity index (χ2v) is 5.09. The van der Waals surface area contributed by atoms with Gasteiger partial charge in [-0.2, -0.15) is 11.3 Å². The molecule has 0 saturated carbocycles. The van der Waals surface area contributed by atoms with E-state index in [0.717, 1.165) is 11.1 Å². The van der Waals surface area contributed by atoms with E-state index in [1.807, 2.05) is 19.1 Å². The maximum absolute atomic E-state index is 12.1. The average molecular weight is 284 g/mol. The number of nitrogens with two attached hydrogens (primary N) is 1. The van der Waals surface area contributed by atoms with Crippen LogP contribution in [0.4, 0.5) is 0 Å². The van der Waals surface area contributed by atoms with Crippen molar-refractivity contribution in [1.29, 1.82) is 0 Å². The van der Waals surface area contributed by atoms with Crippen LogP contribution >= 0.6 is 11.3 Å². The Morgan fingerprint density at radius 3 is 2.95 bits per heavy atom. The Morgan fingerprint density at radius 2 is 2.25 bits per heavy atom. The van der Waals surface area contributed by atoms with Gasteiger partial charge >= 0.3 is 0 Å². The van der Waals surface area contributed by atoms with Gasteiger partial charge < -0.3 is 11.1 Å². The second kappa shape index (κ2) is 6.90. The number of benzene rings is 1. The maximum Gasteiger partial charge on any atom is 0.251 e. The Balaban J connectivity index is 2.04. The van der Waals surface area contributed by atoms with Crippen molar-refractivity contribution in [1.82, 2.24) is 5.32 Å². The van der Waals surface area contributed by atoms with Crippen molar-refractivity contribution in [3.05, 3.63) is 57.3 Å². The summed E-state index contributed by atoms with van der Waals surface area (Å²) in [4.78, 5) is 12.1. The number of nitrogens with one attached hydrogen (secondary N) is 1. The third kappa shape index (κ3) is 3.70. The van der Waals surface area contributed by atoms with Crippen LogP contribution in [0.15, 0.2) is 35.0 Å².